The summed E-state index contributed by atoms with van der Waals surface area (Å²) in [5.41, 5.74) is 1.61. The van der Waals surface area contributed by atoms with Crippen LogP contribution in [0.1, 0.15) is 25.1 Å². The smallest absolute Gasteiger partial charge is 0.234 e. The van der Waals surface area contributed by atoms with Gasteiger partial charge in [0.15, 0.2) is 11.0 Å². The monoisotopic (exact) mass is 454 g/mol. The number of amides is 1. The summed E-state index contributed by atoms with van der Waals surface area (Å²) in [4.78, 5) is 13.6. The number of carbonyl (C=O) groups is 1. The number of aryl methyl sites for hydroxylation is 1. The quantitative estimate of drug-likeness (QED) is 0.422. The van der Waals surface area contributed by atoms with Gasteiger partial charge in [-0.1, -0.05) is 48.3 Å². The van der Waals surface area contributed by atoms with Gasteiger partial charge in [0.2, 0.25) is 5.91 Å². The zero-order chi connectivity index (χ0) is 20.1. The van der Waals surface area contributed by atoms with Crippen LogP contribution in [0.15, 0.2) is 34.8 Å². The van der Waals surface area contributed by atoms with Gasteiger partial charge in [0.05, 0.1) is 16.5 Å². The van der Waals surface area contributed by atoms with Crippen LogP contribution in [0.4, 0.5) is 5.69 Å². The van der Waals surface area contributed by atoms with Crippen molar-refractivity contribution in [3.8, 4) is 11.4 Å². The molecule has 1 aromatic carbocycles. The molecule has 3 aromatic rings. The molecule has 2 heterocycles. The summed E-state index contributed by atoms with van der Waals surface area (Å²) in [7, 11) is 0. The lowest BCUT2D eigenvalue weighted by Gasteiger charge is -2.08. The summed E-state index contributed by atoms with van der Waals surface area (Å²) in [6, 6.07) is 7.14. The highest BCUT2D eigenvalue weighted by atomic mass is 35.5. The minimum atomic E-state index is -0.165. The van der Waals surface area contributed by atoms with Crippen molar-refractivity contribution in [2.75, 3.05) is 11.1 Å². The van der Waals surface area contributed by atoms with Crippen LogP contribution in [0, 0.1) is 0 Å². The molecule has 1 amide bonds. The third-order valence-corrected chi connectivity index (χ3v) is 6.49. The summed E-state index contributed by atoms with van der Waals surface area (Å²) in [6.07, 6.45) is 2.19. The molecule has 0 spiro atoms. The number of hydrogen-bond donors (Lipinski definition) is 1. The molecule has 0 aliphatic heterocycles. The second-order valence-corrected chi connectivity index (χ2v) is 8.85. The second-order valence-electron chi connectivity index (χ2n) is 6.06. The fraction of sp³-hybridized carbons (Fsp3) is 0.316. The molecule has 28 heavy (non-hydrogen) atoms. The summed E-state index contributed by atoms with van der Waals surface area (Å²) < 4.78 is 2.03. The van der Waals surface area contributed by atoms with Gasteiger partial charge in [-0.15, -0.1) is 21.5 Å². The van der Waals surface area contributed by atoms with Crippen molar-refractivity contribution in [1.29, 1.82) is 0 Å². The lowest BCUT2D eigenvalue weighted by atomic mass is 10.2. The number of thioether (sulfide) groups is 1. The van der Waals surface area contributed by atoms with Crippen LogP contribution in [-0.2, 0) is 17.8 Å². The number of nitrogens with zero attached hydrogens (tertiary/aromatic N) is 3. The van der Waals surface area contributed by atoms with Crippen molar-refractivity contribution in [3.05, 3.63) is 44.6 Å². The molecule has 0 aliphatic carbocycles. The SMILES string of the molecule is CCCc1cc(-c2nnc(SCC(=O)Nc3ccc(Cl)cc3Cl)n2CC)cs1. The normalized spacial score (nSPS) is 11.0. The summed E-state index contributed by atoms with van der Waals surface area (Å²) in [5, 5.41) is 15.2. The molecule has 148 valence electrons. The third-order valence-electron chi connectivity index (χ3n) is 3.98. The van der Waals surface area contributed by atoms with Gasteiger partial charge in [0, 0.05) is 27.4 Å². The average molecular weight is 455 g/mol. The van der Waals surface area contributed by atoms with Gasteiger partial charge in [-0.3, -0.25) is 4.79 Å². The lowest BCUT2D eigenvalue weighted by Crippen LogP contribution is -2.15. The van der Waals surface area contributed by atoms with E-state index in [0.29, 0.717) is 15.7 Å². The molecule has 0 atom stereocenters. The van der Waals surface area contributed by atoms with Crippen LogP contribution in [0.25, 0.3) is 11.4 Å². The molecular formula is C19H20Cl2N4OS2. The highest BCUT2D eigenvalue weighted by Crippen LogP contribution is 2.29. The average Bonchev–Trinajstić information content (AvgIpc) is 3.29. The van der Waals surface area contributed by atoms with E-state index in [9.17, 15) is 4.79 Å². The highest BCUT2D eigenvalue weighted by molar-refractivity contribution is 7.99. The first-order valence-electron chi connectivity index (χ1n) is 8.90. The van der Waals surface area contributed by atoms with Crippen molar-refractivity contribution in [2.24, 2.45) is 0 Å². The Morgan fingerprint density at radius 3 is 2.79 bits per heavy atom. The number of aromatic nitrogens is 3. The van der Waals surface area contributed by atoms with Gasteiger partial charge in [0.1, 0.15) is 0 Å². The largest absolute Gasteiger partial charge is 0.324 e. The zero-order valence-corrected chi connectivity index (χ0v) is 18.7. The van der Waals surface area contributed by atoms with Gasteiger partial charge < -0.3 is 9.88 Å². The highest BCUT2D eigenvalue weighted by Gasteiger charge is 2.16. The molecule has 0 fully saturated rings. The zero-order valence-electron chi connectivity index (χ0n) is 15.5. The van der Waals surface area contributed by atoms with Crippen LogP contribution < -0.4 is 5.32 Å². The van der Waals surface area contributed by atoms with Crippen LogP contribution >= 0.6 is 46.3 Å². The second kappa shape index (κ2) is 9.78. The van der Waals surface area contributed by atoms with E-state index in [4.69, 9.17) is 23.2 Å². The van der Waals surface area contributed by atoms with E-state index in [0.717, 1.165) is 35.9 Å². The summed E-state index contributed by atoms with van der Waals surface area (Å²) >= 11 is 15.1. The summed E-state index contributed by atoms with van der Waals surface area (Å²) in [5.74, 6) is 0.883. The van der Waals surface area contributed by atoms with E-state index in [2.05, 4.69) is 33.9 Å². The van der Waals surface area contributed by atoms with Crippen molar-refractivity contribution in [3.63, 3.8) is 0 Å². The molecular weight excluding hydrogens is 435 g/mol. The molecule has 0 unspecified atom stereocenters. The van der Waals surface area contributed by atoms with Gasteiger partial charge >= 0.3 is 0 Å². The third kappa shape index (κ3) is 5.08. The van der Waals surface area contributed by atoms with E-state index in [1.54, 1.807) is 29.5 Å². The Morgan fingerprint density at radius 2 is 2.07 bits per heavy atom. The fourth-order valence-electron chi connectivity index (χ4n) is 2.68. The Bertz CT molecular complexity index is 971. The maximum atomic E-state index is 12.3. The first kappa shape index (κ1) is 21.2. The topological polar surface area (TPSA) is 59.8 Å². The number of rotatable bonds is 8. The van der Waals surface area contributed by atoms with Gasteiger partial charge in [0.25, 0.3) is 0 Å². The Hall–Kier alpha value is -1.54. The number of benzene rings is 1. The van der Waals surface area contributed by atoms with Crippen LogP contribution in [-0.4, -0.2) is 26.4 Å². The van der Waals surface area contributed by atoms with E-state index in [1.165, 1.54) is 16.6 Å². The molecule has 1 N–H and O–H groups in total. The number of thiophene rings is 1. The molecule has 9 heteroatoms. The maximum absolute atomic E-state index is 12.3. The van der Waals surface area contributed by atoms with Gasteiger partial charge in [-0.2, -0.15) is 0 Å². The minimum Gasteiger partial charge on any atom is -0.324 e. The van der Waals surface area contributed by atoms with Crippen LogP contribution in [0.3, 0.4) is 0 Å². The van der Waals surface area contributed by atoms with Crippen LogP contribution in [0.5, 0.6) is 0 Å². The van der Waals surface area contributed by atoms with Crippen molar-refractivity contribution in [1.82, 2.24) is 14.8 Å². The fourth-order valence-corrected chi connectivity index (χ4v) is 4.90. The lowest BCUT2D eigenvalue weighted by molar-refractivity contribution is -0.113. The van der Waals surface area contributed by atoms with Crippen molar-refractivity contribution >= 4 is 57.9 Å². The van der Waals surface area contributed by atoms with Crippen molar-refractivity contribution in [2.45, 2.75) is 38.4 Å². The van der Waals surface area contributed by atoms with E-state index >= 15 is 0 Å². The van der Waals surface area contributed by atoms with Crippen molar-refractivity contribution < 1.29 is 4.79 Å². The molecule has 2 aromatic heterocycles. The van der Waals surface area contributed by atoms with Crippen LogP contribution in [0.2, 0.25) is 10.0 Å². The van der Waals surface area contributed by atoms with E-state index < -0.39 is 0 Å². The first-order valence-corrected chi connectivity index (χ1v) is 11.5. The molecule has 5 nitrogen and oxygen atoms in total. The molecule has 0 saturated carbocycles. The summed E-state index contributed by atoms with van der Waals surface area (Å²) in [6.45, 7) is 4.95. The molecule has 3 rings (SSSR count). The Kier molecular flexibility index (Phi) is 7.40. The van der Waals surface area contributed by atoms with Gasteiger partial charge in [-0.25, -0.2) is 0 Å². The molecule has 0 bridgehead atoms. The number of halogens is 2. The molecule has 0 aliphatic rings. The Balaban J connectivity index is 1.67. The van der Waals surface area contributed by atoms with E-state index in [-0.39, 0.29) is 11.7 Å². The standard InChI is InChI=1S/C19H20Cl2N4OS2/c1-3-5-14-8-12(10-27-14)18-23-24-19(25(18)4-2)28-11-17(26)22-16-7-6-13(20)9-15(16)21/h6-10H,3-5,11H2,1-2H3,(H,22,26). The molecule has 0 radical (unpaired) electrons. The number of nitrogens with one attached hydrogen (secondary N) is 1. The predicted molar refractivity (Wildman–Crippen MR) is 119 cm³/mol. The minimum absolute atomic E-state index is 0.165. The maximum Gasteiger partial charge on any atom is 0.234 e. The number of hydrogen-bond acceptors (Lipinski definition) is 5. The Morgan fingerprint density at radius 1 is 1.25 bits per heavy atom. The van der Waals surface area contributed by atoms with Gasteiger partial charge in [-0.05, 0) is 37.6 Å². The molecule has 0 saturated heterocycles. The Labute approximate surface area is 182 Å². The first-order chi connectivity index (χ1) is 13.5. The van der Waals surface area contributed by atoms with E-state index in [1.807, 2.05) is 11.5 Å². The number of anilines is 1. The predicted octanol–water partition coefficient (Wildman–Crippen LogP) is 6.02. The number of carbonyl (C=O) groups excluding carboxylic acids is 1.